The molecule has 35 heavy (non-hydrogen) atoms. The zero-order valence-corrected chi connectivity index (χ0v) is 21.4. The second-order valence-electron chi connectivity index (χ2n) is 9.65. The molecular formula is C25H35N7O3. The molecule has 1 aliphatic heterocycles. The zero-order chi connectivity index (χ0) is 25.0. The SMILES string of the molecule is COc1cc(C(c2nnnn2C(C)(C)C)N2CCN(Cc3ccncc3)CC2)cc(OC)c1OC. The average Bonchev–Trinajstić information content (AvgIpc) is 3.35. The number of piperazine rings is 1. The topological polar surface area (TPSA) is 90.7 Å². The number of rotatable bonds is 8. The maximum absolute atomic E-state index is 5.66. The monoisotopic (exact) mass is 481 g/mol. The van der Waals surface area contributed by atoms with Crippen LogP contribution in [0.1, 0.15) is 43.8 Å². The van der Waals surface area contributed by atoms with Crippen LogP contribution in [0.25, 0.3) is 0 Å². The molecule has 1 saturated heterocycles. The molecule has 1 unspecified atom stereocenters. The van der Waals surface area contributed by atoms with E-state index < -0.39 is 0 Å². The number of benzene rings is 1. The van der Waals surface area contributed by atoms with Gasteiger partial charge in [0.15, 0.2) is 17.3 Å². The van der Waals surface area contributed by atoms with Crippen molar-refractivity contribution in [2.45, 2.75) is 38.9 Å². The van der Waals surface area contributed by atoms with E-state index in [9.17, 15) is 0 Å². The summed E-state index contributed by atoms with van der Waals surface area (Å²) in [4.78, 5) is 9.02. The van der Waals surface area contributed by atoms with Gasteiger partial charge in [-0.1, -0.05) is 0 Å². The summed E-state index contributed by atoms with van der Waals surface area (Å²) in [5.74, 6) is 2.57. The lowest BCUT2D eigenvalue weighted by Crippen LogP contribution is -2.48. The van der Waals surface area contributed by atoms with Crippen LogP contribution in [0.15, 0.2) is 36.7 Å². The zero-order valence-electron chi connectivity index (χ0n) is 21.4. The number of tetrazole rings is 1. The van der Waals surface area contributed by atoms with E-state index in [4.69, 9.17) is 14.2 Å². The predicted molar refractivity (Wildman–Crippen MR) is 132 cm³/mol. The summed E-state index contributed by atoms with van der Waals surface area (Å²) in [5, 5.41) is 12.9. The normalized spacial score (nSPS) is 16.2. The third-order valence-electron chi connectivity index (χ3n) is 6.30. The predicted octanol–water partition coefficient (Wildman–Crippen LogP) is 2.76. The summed E-state index contributed by atoms with van der Waals surface area (Å²) in [7, 11) is 4.88. The fourth-order valence-electron chi connectivity index (χ4n) is 4.55. The van der Waals surface area contributed by atoms with Gasteiger partial charge in [0, 0.05) is 45.1 Å². The molecule has 3 heterocycles. The lowest BCUT2D eigenvalue weighted by atomic mass is 10.00. The first kappa shape index (κ1) is 24.9. The van der Waals surface area contributed by atoms with Gasteiger partial charge in [-0.2, -0.15) is 0 Å². The Morgan fingerprint density at radius 2 is 1.54 bits per heavy atom. The van der Waals surface area contributed by atoms with Crippen molar-refractivity contribution < 1.29 is 14.2 Å². The molecule has 1 fully saturated rings. The molecule has 0 bridgehead atoms. The fraction of sp³-hybridized carbons (Fsp3) is 0.520. The second kappa shape index (κ2) is 10.6. The molecule has 4 rings (SSSR count). The Hall–Kier alpha value is -3.24. The van der Waals surface area contributed by atoms with Gasteiger partial charge in [0.2, 0.25) is 5.75 Å². The van der Waals surface area contributed by atoms with Gasteiger partial charge < -0.3 is 14.2 Å². The number of methoxy groups -OCH3 is 3. The van der Waals surface area contributed by atoms with Crippen LogP contribution in [-0.2, 0) is 12.1 Å². The van der Waals surface area contributed by atoms with Gasteiger partial charge in [0.25, 0.3) is 0 Å². The summed E-state index contributed by atoms with van der Waals surface area (Å²) in [6, 6.07) is 7.96. The highest BCUT2D eigenvalue weighted by Crippen LogP contribution is 2.42. The summed E-state index contributed by atoms with van der Waals surface area (Å²) >= 11 is 0. The van der Waals surface area contributed by atoms with Gasteiger partial charge in [-0.05, 0) is 66.6 Å². The van der Waals surface area contributed by atoms with Gasteiger partial charge in [0.05, 0.1) is 32.9 Å². The van der Waals surface area contributed by atoms with Gasteiger partial charge in [-0.25, -0.2) is 4.68 Å². The second-order valence-corrected chi connectivity index (χ2v) is 9.65. The summed E-state index contributed by atoms with van der Waals surface area (Å²) in [5.41, 5.74) is 1.98. The van der Waals surface area contributed by atoms with Crippen molar-refractivity contribution in [1.82, 2.24) is 35.0 Å². The van der Waals surface area contributed by atoms with Crippen LogP contribution in [0.2, 0.25) is 0 Å². The molecule has 0 aliphatic carbocycles. The van der Waals surface area contributed by atoms with E-state index in [0.29, 0.717) is 17.2 Å². The quantitative estimate of drug-likeness (QED) is 0.482. The third-order valence-corrected chi connectivity index (χ3v) is 6.30. The molecule has 1 aliphatic rings. The van der Waals surface area contributed by atoms with E-state index in [1.54, 1.807) is 21.3 Å². The highest BCUT2D eigenvalue weighted by atomic mass is 16.5. The van der Waals surface area contributed by atoms with Crippen LogP contribution < -0.4 is 14.2 Å². The highest BCUT2D eigenvalue weighted by Gasteiger charge is 2.34. The average molecular weight is 482 g/mol. The minimum absolute atomic E-state index is 0.180. The molecule has 1 aromatic carbocycles. The van der Waals surface area contributed by atoms with E-state index in [0.717, 1.165) is 44.1 Å². The number of hydrogen-bond donors (Lipinski definition) is 0. The van der Waals surface area contributed by atoms with Crippen molar-refractivity contribution in [2.24, 2.45) is 0 Å². The molecule has 3 aromatic rings. The Bertz CT molecular complexity index is 1080. The van der Waals surface area contributed by atoms with Crippen molar-refractivity contribution >= 4 is 0 Å². The van der Waals surface area contributed by atoms with Crippen molar-refractivity contribution in [1.29, 1.82) is 0 Å². The summed E-state index contributed by atoms with van der Waals surface area (Å²) in [6.07, 6.45) is 3.69. The Balaban J connectivity index is 1.69. The number of pyridine rings is 1. The Labute approximate surface area is 206 Å². The summed E-state index contributed by atoms with van der Waals surface area (Å²) < 4.78 is 18.8. The third kappa shape index (κ3) is 5.38. The molecule has 2 aromatic heterocycles. The molecule has 0 saturated carbocycles. The first-order valence-corrected chi connectivity index (χ1v) is 11.8. The molecular weight excluding hydrogens is 446 g/mol. The lowest BCUT2D eigenvalue weighted by molar-refractivity contribution is 0.0977. The van der Waals surface area contributed by atoms with E-state index in [1.807, 2.05) is 29.2 Å². The first-order valence-electron chi connectivity index (χ1n) is 11.8. The maximum Gasteiger partial charge on any atom is 0.203 e. The van der Waals surface area contributed by atoms with E-state index >= 15 is 0 Å². The number of aromatic nitrogens is 5. The van der Waals surface area contributed by atoms with Crippen molar-refractivity contribution in [3.05, 3.63) is 53.6 Å². The van der Waals surface area contributed by atoms with E-state index in [1.165, 1.54) is 5.56 Å². The molecule has 10 nitrogen and oxygen atoms in total. The molecule has 0 spiro atoms. The van der Waals surface area contributed by atoms with Crippen LogP contribution in [0.4, 0.5) is 0 Å². The molecule has 0 N–H and O–H groups in total. The fourth-order valence-corrected chi connectivity index (χ4v) is 4.55. The minimum Gasteiger partial charge on any atom is -0.493 e. The Morgan fingerprint density at radius 3 is 2.09 bits per heavy atom. The van der Waals surface area contributed by atoms with E-state index in [2.05, 4.69) is 63.2 Å². The van der Waals surface area contributed by atoms with Crippen LogP contribution in [0.5, 0.6) is 17.2 Å². The van der Waals surface area contributed by atoms with Crippen molar-refractivity contribution in [3.8, 4) is 17.2 Å². The van der Waals surface area contributed by atoms with E-state index in [-0.39, 0.29) is 11.6 Å². The molecule has 188 valence electrons. The van der Waals surface area contributed by atoms with Crippen LogP contribution in [-0.4, -0.2) is 82.5 Å². The maximum atomic E-state index is 5.66. The van der Waals surface area contributed by atoms with Crippen molar-refractivity contribution in [2.75, 3.05) is 47.5 Å². The molecule has 1 atom stereocenters. The van der Waals surface area contributed by atoms with Crippen molar-refractivity contribution in [3.63, 3.8) is 0 Å². The Kier molecular flexibility index (Phi) is 7.51. The Morgan fingerprint density at radius 1 is 0.914 bits per heavy atom. The lowest BCUT2D eigenvalue weighted by Gasteiger charge is -2.39. The van der Waals surface area contributed by atoms with Crippen LogP contribution in [0.3, 0.4) is 0 Å². The van der Waals surface area contributed by atoms with Gasteiger partial charge in [0.1, 0.15) is 0 Å². The highest BCUT2D eigenvalue weighted by molar-refractivity contribution is 5.55. The number of hydrogen-bond acceptors (Lipinski definition) is 9. The molecule has 0 radical (unpaired) electrons. The van der Waals surface area contributed by atoms with Gasteiger partial charge in [-0.15, -0.1) is 5.10 Å². The largest absolute Gasteiger partial charge is 0.493 e. The van der Waals surface area contributed by atoms with Gasteiger partial charge >= 0.3 is 0 Å². The first-order chi connectivity index (χ1) is 16.9. The van der Waals surface area contributed by atoms with Gasteiger partial charge in [-0.3, -0.25) is 14.8 Å². The van der Waals surface area contributed by atoms with Crippen LogP contribution in [0, 0.1) is 0 Å². The molecule has 0 amide bonds. The molecule has 10 heteroatoms. The number of ether oxygens (including phenoxy) is 3. The minimum atomic E-state index is -0.277. The summed E-state index contributed by atoms with van der Waals surface area (Å²) in [6.45, 7) is 10.8. The smallest absolute Gasteiger partial charge is 0.203 e. The van der Waals surface area contributed by atoms with Crippen LogP contribution >= 0.6 is 0 Å². The standard InChI is InChI=1S/C25H35N7O3/c1-25(2,3)32-24(27-28-29-32)22(19-15-20(33-4)23(35-6)21(16-19)34-5)31-13-11-30(12-14-31)17-18-7-9-26-10-8-18/h7-10,15-16,22H,11-14,17H2,1-6H3. The number of nitrogens with zero attached hydrogens (tertiary/aromatic N) is 7.